The van der Waals surface area contributed by atoms with Gasteiger partial charge in [0.2, 0.25) is 5.78 Å². The number of carbonyl (C=O) groups is 2. The van der Waals surface area contributed by atoms with Crippen molar-refractivity contribution in [3.63, 3.8) is 0 Å². The topological polar surface area (TPSA) is 139 Å². The zero-order chi connectivity index (χ0) is 22.7. The van der Waals surface area contributed by atoms with Gasteiger partial charge < -0.3 is 9.47 Å². The second-order valence-electron chi connectivity index (χ2n) is 6.14. The summed E-state index contributed by atoms with van der Waals surface area (Å²) in [5.74, 6) is -1.97. The summed E-state index contributed by atoms with van der Waals surface area (Å²) in [5.41, 5.74) is 0.165. The van der Waals surface area contributed by atoms with Crippen LogP contribution >= 0.6 is 0 Å². The molecule has 0 fully saturated rings. The summed E-state index contributed by atoms with van der Waals surface area (Å²) in [7, 11) is -7.43. The number of Topliss-reactive ketones (excluding diaryl/α,β-unsaturated/α-hetero) is 2. The van der Waals surface area contributed by atoms with Crippen molar-refractivity contribution in [1.82, 2.24) is 0 Å². The molecule has 0 unspecified atom stereocenters. The molecule has 2 rings (SSSR count). The Kier molecular flexibility index (Phi) is 7.40. The number of hydrogen-bond donors (Lipinski definition) is 0. The molecule has 0 N–H and O–H groups in total. The fraction of sp³-hybridized carbons (Fsp3) is 0.444. The molecule has 0 bridgehead atoms. The van der Waals surface area contributed by atoms with E-state index in [-0.39, 0.29) is 36.1 Å². The van der Waals surface area contributed by atoms with Gasteiger partial charge in [-0.15, -0.1) is 0 Å². The number of ketones is 2. The molecular formula is C18H22O10S2. The fourth-order valence-electron chi connectivity index (χ4n) is 2.68. The highest BCUT2D eigenvalue weighted by molar-refractivity contribution is 7.91. The summed E-state index contributed by atoms with van der Waals surface area (Å²) >= 11 is 0. The molecule has 0 aromatic heterocycles. The third kappa shape index (κ3) is 5.06. The Morgan fingerprint density at radius 3 is 1.77 bits per heavy atom. The summed E-state index contributed by atoms with van der Waals surface area (Å²) in [6, 6.07) is 0. The smallest absolute Gasteiger partial charge is 0.300 e. The van der Waals surface area contributed by atoms with Crippen molar-refractivity contribution in [2.45, 2.75) is 33.6 Å². The van der Waals surface area contributed by atoms with E-state index in [2.05, 4.69) is 0 Å². The SMILES string of the molecule is CCOS(=O)(=O)C1=C(OC2=C(S(=O)(=O)OCC)C=C(OC)C(=O)C2)CC(=O)C(C)=C1. The largest absolute Gasteiger partial charge is 0.493 e. The maximum Gasteiger partial charge on any atom is 0.300 e. The molecular weight excluding hydrogens is 440 g/mol. The van der Waals surface area contributed by atoms with E-state index in [4.69, 9.17) is 17.8 Å². The van der Waals surface area contributed by atoms with E-state index in [1.165, 1.54) is 27.9 Å². The Bertz CT molecular complexity index is 1090. The van der Waals surface area contributed by atoms with Crippen LogP contribution in [0.4, 0.5) is 0 Å². The van der Waals surface area contributed by atoms with Crippen LogP contribution in [0.15, 0.2) is 44.8 Å². The van der Waals surface area contributed by atoms with Crippen LogP contribution < -0.4 is 0 Å². The molecule has 0 spiro atoms. The summed E-state index contributed by atoms with van der Waals surface area (Å²) in [6.45, 7) is 4.01. The van der Waals surface area contributed by atoms with E-state index in [0.29, 0.717) is 0 Å². The first-order chi connectivity index (χ1) is 14.0. The zero-order valence-electron chi connectivity index (χ0n) is 16.9. The maximum atomic E-state index is 12.5. The Morgan fingerprint density at radius 2 is 1.30 bits per heavy atom. The van der Waals surface area contributed by atoms with E-state index >= 15 is 0 Å². The van der Waals surface area contributed by atoms with Crippen molar-refractivity contribution in [3.05, 3.63) is 44.8 Å². The lowest BCUT2D eigenvalue weighted by Crippen LogP contribution is -2.22. The van der Waals surface area contributed by atoms with Crippen molar-refractivity contribution in [2.24, 2.45) is 0 Å². The number of rotatable bonds is 9. The van der Waals surface area contributed by atoms with Gasteiger partial charge in [0.25, 0.3) is 10.1 Å². The molecule has 0 heterocycles. The molecule has 0 aromatic carbocycles. The molecule has 12 heteroatoms. The van der Waals surface area contributed by atoms with Crippen LogP contribution in [0.25, 0.3) is 0 Å². The van der Waals surface area contributed by atoms with E-state index < -0.39 is 54.5 Å². The molecule has 30 heavy (non-hydrogen) atoms. The first-order valence-electron chi connectivity index (χ1n) is 8.90. The minimum absolute atomic E-state index is 0.162. The summed E-state index contributed by atoms with van der Waals surface area (Å²) in [5, 5.41) is 0. The molecule has 0 saturated heterocycles. The third-order valence-corrected chi connectivity index (χ3v) is 6.93. The van der Waals surface area contributed by atoms with Crippen molar-refractivity contribution in [1.29, 1.82) is 0 Å². The molecule has 0 aromatic rings. The molecule has 0 atom stereocenters. The lowest BCUT2D eigenvalue weighted by Gasteiger charge is -2.23. The van der Waals surface area contributed by atoms with E-state index in [1.54, 1.807) is 0 Å². The van der Waals surface area contributed by atoms with Gasteiger partial charge in [-0.3, -0.25) is 18.0 Å². The highest BCUT2D eigenvalue weighted by Crippen LogP contribution is 2.34. The van der Waals surface area contributed by atoms with Gasteiger partial charge >= 0.3 is 10.1 Å². The molecule has 10 nitrogen and oxygen atoms in total. The molecule has 0 amide bonds. The zero-order valence-corrected chi connectivity index (χ0v) is 18.5. The van der Waals surface area contributed by atoms with Crippen molar-refractivity contribution >= 4 is 31.8 Å². The number of carbonyl (C=O) groups excluding carboxylic acids is 2. The summed E-state index contributed by atoms with van der Waals surface area (Å²) in [4.78, 5) is 23.4. The molecule has 0 aliphatic heterocycles. The molecule has 2 aliphatic rings. The molecule has 2 aliphatic carbocycles. The first-order valence-corrected chi connectivity index (χ1v) is 11.7. The Balaban J connectivity index is 2.68. The van der Waals surface area contributed by atoms with Crippen LogP contribution in [-0.4, -0.2) is 48.7 Å². The molecule has 166 valence electrons. The third-order valence-electron chi connectivity index (χ3n) is 4.07. The standard InChI is InChI=1S/C18H22O10S2/c1-5-26-29(21,22)17-7-11(3)12(19)8-15(17)28-16-9-13(20)14(25-4)10-18(16)30(23,24)27-6-2/h7,10H,5-6,8-9H2,1-4H3. The second kappa shape index (κ2) is 9.25. The van der Waals surface area contributed by atoms with Gasteiger partial charge in [-0.25, -0.2) is 0 Å². The van der Waals surface area contributed by atoms with Gasteiger partial charge in [0.15, 0.2) is 11.5 Å². The highest BCUT2D eigenvalue weighted by atomic mass is 32.2. The van der Waals surface area contributed by atoms with Crippen molar-refractivity contribution < 1.29 is 44.3 Å². The minimum atomic E-state index is -4.34. The summed E-state index contributed by atoms with van der Waals surface area (Å²) < 4.78 is 69.9. The predicted molar refractivity (Wildman–Crippen MR) is 104 cm³/mol. The Labute approximate surface area is 175 Å². The van der Waals surface area contributed by atoms with Crippen LogP contribution in [0.3, 0.4) is 0 Å². The molecule has 0 saturated carbocycles. The predicted octanol–water partition coefficient (Wildman–Crippen LogP) is 1.58. The number of ether oxygens (including phenoxy) is 2. The van der Waals surface area contributed by atoms with E-state index in [0.717, 1.165) is 12.2 Å². The van der Waals surface area contributed by atoms with Gasteiger partial charge in [0, 0.05) is 6.08 Å². The number of methoxy groups -OCH3 is 1. The lowest BCUT2D eigenvalue weighted by atomic mass is 10.0. The fourth-order valence-corrected chi connectivity index (χ4v) is 4.92. The maximum absolute atomic E-state index is 12.5. The van der Waals surface area contributed by atoms with Crippen LogP contribution in [0.2, 0.25) is 0 Å². The second-order valence-corrected chi connectivity index (χ2v) is 9.31. The summed E-state index contributed by atoms with van der Waals surface area (Å²) in [6.07, 6.45) is 1.04. The van der Waals surface area contributed by atoms with Crippen molar-refractivity contribution in [2.75, 3.05) is 20.3 Å². The monoisotopic (exact) mass is 462 g/mol. The van der Waals surface area contributed by atoms with Crippen LogP contribution in [0.5, 0.6) is 0 Å². The number of allylic oxidation sites excluding steroid dienone is 6. The Morgan fingerprint density at radius 1 is 0.833 bits per heavy atom. The lowest BCUT2D eigenvalue weighted by molar-refractivity contribution is -0.118. The van der Waals surface area contributed by atoms with Crippen molar-refractivity contribution in [3.8, 4) is 0 Å². The van der Waals surface area contributed by atoms with Gasteiger partial charge in [0.05, 0.1) is 33.2 Å². The van der Waals surface area contributed by atoms with E-state index in [9.17, 15) is 26.4 Å². The minimum Gasteiger partial charge on any atom is -0.493 e. The Hall–Kier alpha value is -2.28. The van der Waals surface area contributed by atoms with Crippen LogP contribution in [-0.2, 0) is 47.7 Å². The van der Waals surface area contributed by atoms with Gasteiger partial charge in [-0.05, 0) is 32.4 Å². The van der Waals surface area contributed by atoms with Gasteiger partial charge in [-0.2, -0.15) is 16.8 Å². The van der Waals surface area contributed by atoms with Crippen LogP contribution in [0.1, 0.15) is 33.6 Å². The van der Waals surface area contributed by atoms with Crippen LogP contribution in [0, 0.1) is 0 Å². The number of hydrogen-bond acceptors (Lipinski definition) is 10. The average molecular weight is 462 g/mol. The highest BCUT2D eigenvalue weighted by Gasteiger charge is 2.35. The first kappa shape index (κ1) is 24.0. The molecule has 0 radical (unpaired) electrons. The van der Waals surface area contributed by atoms with E-state index in [1.807, 2.05) is 0 Å². The normalized spacial score (nSPS) is 18.4. The average Bonchev–Trinajstić information content (AvgIpc) is 2.64. The van der Waals surface area contributed by atoms with Gasteiger partial charge in [-0.1, -0.05) is 0 Å². The quantitative estimate of drug-likeness (QED) is 0.464. The van der Waals surface area contributed by atoms with Gasteiger partial charge in [0.1, 0.15) is 21.3 Å².